The second-order valence-electron chi connectivity index (χ2n) is 4.05. The average molecular weight is 266 g/mol. The number of hydrogen-bond acceptors (Lipinski definition) is 4. The molecule has 0 bridgehead atoms. The minimum Gasteiger partial charge on any atom is -0.291 e. The molecule has 6 nitrogen and oxygen atoms in total. The van der Waals surface area contributed by atoms with Crippen molar-refractivity contribution >= 4 is 23.5 Å². The lowest BCUT2D eigenvalue weighted by atomic mass is 10.1. The van der Waals surface area contributed by atoms with Crippen LogP contribution in [0, 0.1) is 0 Å². The Morgan fingerprint density at radius 3 is 2.83 bits per heavy atom. The Labute approximate surface area is 109 Å². The molecule has 0 aliphatic carbocycles. The van der Waals surface area contributed by atoms with Crippen LogP contribution in [0.1, 0.15) is 35.8 Å². The van der Waals surface area contributed by atoms with Crippen LogP contribution in [-0.2, 0) is 0 Å². The molecule has 0 unspecified atom stereocenters. The summed E-state index contributed by atoms with van der Waals surface area (Å²) in [7, 11) is 0. The van der Waals surface area contributed by atoms with E-state index in [0.717, 1.165) is 5.69 Å². The van der Waals surface area contributed by atoms with Crippen LogP contribution in [0.2, 0.25) is 5.15 Å². The van der Waals surface area contributed by atoms with Gasteiger partial charge in [0.15, 0.2) is 0 Å². The molecular formula is C11H12ClN5O. The number of H-pyrrole nitrogens is 1. The minimum absolute atomic E-state index is 0.195. The summed E-state index contributed by atoms with van der Waals surface area (Å²) in [5.41, 5.74) is 1.21. The molecule has 2 rings (SSSR count). The van der Waals surface area contributed by atoms with Crippen LogP contribution >= 0.6 is 11.6 Å². The zero-order chi connectivity index (χ0) is 13.1. The standard InChI is InChI=1S/C11H12ClN5O/c1-6(2)8-3-7(4-9(12)15-8)10(18)16-11-13-5-14-17-11/h3-6H,1-2H3,(H2,13,14,16,17,18). The number of rotatable bonds is 3. The fourth-order valence-corrected chi connectivity index (χ4v) is 1.60. The van der Waals surface area contributed by atoms with Crippen LogP contribution in [0.5, 0.6) is 0 Å². The molecule has 0 saturated carbocycles. The molecule has 0 saturated heterocycles. The number of hydrogen-bond donors (Lipinski definition) is 2. The Bertz CT molecular complexity index is 553. The third-order valence-electron chi connectivity index (χ3n) is 2.31. The number of aromatic nitrogens is 4. The molecule has 1 amide bonds. The maximum absolute atomic E-state index is 12.0. The molecule has 0 radical (unpaired) electrons. The largest absolute Gasteiger partial charge is 0.291 e. The summed E-state index contributed by atoms with van der Waals surface area (Å²) in [6.07, 6.45) is 1.31. The molecule has 18 heavy (non-hydrogen) atoms. The summed E-state index contributed by atoms with van der Waals surface area (Å²) in [6.45, 7) is 3.97. The van der Waals surface area contributed by atoms with Gasteiger partial charge < -0.3 is 0 Å². The molecular weight excluding hydrogens is 254 g/mol. The Morgan fingerprint density at radius 2 is 2.22 bits per heavy atom. The predicted octanol–water partition coefficient (Wildman–Crippen LogP) is 2.23. The van der Waals surface area contributed by atoms with E-state index in [2.05, 4.69) is 25.5 Å². The van der Waals surface area contributed by atoms with Crippen molar-refractivity contribution in [2.75, 3.05) is 5.32 Å². The maximum atomic E-state index is 12.0. The van der Waals surface area contributed by atoms with Gasteiger partial charge >= 0.3 is 0 Å². The van der Waals surface area contributed by atoms with Crippen LogP contribution in [0.15, 0.2) is 18.5 Å². The first-order chi connectivity index (χ1) is 8.56. The van der Waals surface area contributed by atoms with Gasteiger partial charge in [0.05, 0.1) is 0 Å². The van der Waals surface area contributed by atoms with Crippen LogP contribution in [0.25, 0.3) is 0 Å². The minimum atomic E-state index is -0.307. The summed E-state index contributed by atoms with van der Waals surface area (Å²) >= 11 is 5.89. The lowest BCUT2D eigenvalue weighted by Gasteiger charge is -2.08. The zero-order valence-electron chi connectivity index (χ0n) is 9.94. The lowest BCUT2D eigenvalue weighted by Crippen LogP contribution is -2.14. The highest BCUT2D eigenvalue weighted by molar-refractivity contribution is 6.29. The van der Waals surface area contributed by atoms with Gasteiger partial charge in [-0.2, -0.15) is 10.1 Å². The number of nitrogens with zero attached hydrogens (tertiary/aromatic N) is 3. The van der Waals surface area contributed by atoms with E-state index in [4.69, 9.17) is 11.6 Å². The first-order valence-electron chi connectivity index (χ1n) is 5.40. The van der Waals surface area contributed by atoms with E-state index in [1.807, 2.05) is 13.8 Å². The molecule has 2 aromatic heterocycles. The quantitative estimate of drug-likeness (QED) is 0.834. The second kappa shape index (κ2) is 5.14. The summed E-state index contributed by atoms with van der Waals surface area (Å²) in [4.78, 5) is 19.9. The van der Waals surface area contributed by atoms with E-state index in [1.165, 1.54) is 12.4 Å². The first-order valence-corrected chi connectivity index (χ1v) is 5.78. The SMILES string of the molecule is CC(C)c1cc(C(=O)Nc2ncn[nH]2)cc(Cl)n1. The Hall–Kier alpha value is -1.95. The number of nitrogens with one attached hydrogen (secondary N) is 2. The summed E-state index contributed by atoms with van der Waals surface area (Å²) in [5.74, 6) is 0.178. The molecule has 0 fully saturated rings. The first kappa shape index (κ1) is 12.5. The third kappa shape index (κ3) is 2.84. The molecule has 0 aliphatic rings. The van der Waals surface area contributed by atoms with Gasteiger partial charge in [0, 0.05) is 11.3 Å². The van der Waals surface area contributed by atoms with Crippen molar-refractivity contribution in [2.45, 2.75) is 19.8 Å². The van der Waals surface area contributed by atoms with Crippen LogP contribution < -0.4 is 5.32 Å². The Kier molecular flexibility index (Phi) is 3.57. The Balaban J connectivity index is 2.24. The van der Waals surface area contributed by atoms with Crippen LogP contribution in [0.3, 0.4) is 0 Å². The van der Waals surface area contributed by atoms with E-state index in [9.17, 15) is 4.79 Å². The monoisotopic (exact) mass is 265 g/mol. The smallest absolute Gasteiger partial charge is 0.258 e. The van der Waals surface area contributed by atoms with Crippen LogP contribution in [-0.4, -0.2) is 26.1 Å². The number of anilines is 1. The number of halogens is 1. The summed E-state index contributed by atoms with van der Waals surface area (Å²) in [6, 6.07) is 3.22. The van der Waals surface area contributed by atoms with E-state index < -0.39 is 0 Å². The van der Waals surface area contributed by atoms with Gasteiger partial charge in [-0.25, -0.2) is 10.1 Å². The van der Waals surface area contributed by atoms with Crippen molar-refractivity contribution in [1.82, 2.24) is 20.2 Å². The fourth-order valence-electron chi connectivity index (χ4n) is 1.39. The van der Waals surface area contributed by atoms with Gasteiger partial charge in [-0.05, 0) is 18.1 Å². The second-order valence-corrected chi connectivity index (χ2v) is 4.43. The van der Waals surface area contributed by atoms with Gasteiger partial charge in [-0.3, -0.25) is 10.1 Å². The fraction of sp³-hybridized carbons (Fsp3) is 0.273. The van der Waals surface area contributed by atoms with Crippen molar-refractivity contribution in [3.8, 4) is 0 Å². The van der Waals surface area contributed by atoms with Crippen molar-refractivity contribution in [2.24, 2.45) is 0 Å². The topological polar surface area (TPSA) is 83.6 Å². The molecule has 0 spiro atoms. The van der Waals surface area contributed by atoms with E-state index in [0.29, 0.717) is 16.7 Å². The molecule has 2 heterocycles. The van der Waals surface area contributed by atoms with Gasteiger partial charge in [0.2, 0.25) is 5.95 Å². The lowest BCUT2D eigenvalue weighted by molar-refractivity contribution is 0.102. The molecule has 2 N–H and O–H groups in total. The summed E-state index contributed by atoms with van der Waals surface area (Å²) in [5, 5.41) is 9.06. The highest BCUT2D eigenvalue weighted by Crippen LogP contribution is 2.18. The van der Waals surface area contributed by atoms with E-state index in [-0.39, 0.29) is 11.8 Å². The van der Waals surface area contributed by atoms with Gasteiger partial charge in [0.1, 0.15) is 11.5 Å². The van der Waals surface area contributed by atoms with Crippen molar-refractivity contribution in [1.29, 1.82) is 0 Å². The number of aromatic amines is 1. The summed E-state index contributed by atoms with van der Waals surface area (Å²) < 4.78 is 0. The molecule has 0 aromatic carbocycles. The van der Waals surface area contributed by atoms with Crippen molar-refractivity contribution in [3.63, 3.8) is 0 Å². The van der Waals surface area contributed by atoms with Crippen LogP contribution in [0.4, 0.5) is 5.95 Å². The average Bonchev–Trinajstić information content (AvgIpc) is 2.80. The Morgan fingerprint density at radius 1 is 1.44 bits per heavy atom. The molecule has 94 valence electrons. The van der Waals surface area contributed by atoms with Gasteiger partial charge in [-0.1, -0.05) is 25.4 Å². The van der Waals surface area contributed by atoms with Crippen molar-refractivity contribution < 1.29 is 4.79 Å². The number of amides is 1. The van der Waals surface area contributed by atoms with Gasteiger partial charge in [0.25, 0.3) is 5.91 Å². The molecule has 2 aromatic rings. The normalized spacial score (nSPS) is 10.7. The third-order valence-corrected chi connectivity index (χ3v) is 2.51. The van der Waals surface area contributed by atoms with E-state index in [1.54, 1.807) is 6.07 Å². The zero-order valence-corrected chi connectivity index (χ0v) is 10.7. The number of carbonyl (C=O) groups excluding carboxylic acids is 1. The van der Waals surface area contributed by atoms with Crippen molar-refractivity contribution in [3.05, 3.63) is 34.9 Å². The van der Waals surface area contributed by atoms with E-state index >= 15 is 0 Å². The molecule has 7 heteroatoms. The molecule has 0 aliphatic heterocycles. The highest BCUT2D eigenvalue weighted by Gasteiger charge is 2.12. The number of carbonyl (C=O) groups is 1. The maximum Gasteiger partial charge on any atom is 0.258 e. The molecule has 0 atom stereocenters. The highest BCUT2D eigenvalue weighted by atomic mass is 35.5. The van der Waals surface area contributed by atoms with Gasteiger partial charge in [-0.15, -0.1) is 0 Å². The predicted molar refractivity (Wildman–Crippen MR) is 67.7 cm³/mol. The number of pyridine rings is 1.